The van der Waals surface area contributed by atoms with Crippen molar-refractivity contribution in [3.8, 4) is 5.75 Å². The molecule has 1 amide bonds. The fourth-order valence-electron chi connectivity index (χ4n) is 2.79. The Hall–Kier alpha value is -1.75. The molecule has 0 unspecified atom stereocenters. The summed E-state index contributed by atoms with van der Waals surface area (Å²) in [5, 5.41) is 3.24. The zero-order valence-corrected chi connectivity index (χ0v) is 18.9. The van der Waals surface area contributed by atoms with Gasteiger partial charge in [-0.2, -0.15) is 0 Å². The molecule has 9 heteroatoms. The average Bonchev–Trinajstić information content (AvgIpc) is 2.68. The van der Waals surface area contributed by atoms with Gasteiger partial charge in [-0.25, -0.2) is 9.79 Å². The quantitative estimate of drug-likeness (QED) is 0.243. The molecule has 0 radical (unpaired) electrons. The van der Waals surface area contributed by atoms with Crippen molar-refractivity contribution in [2.75, 3.05) is 40.0 Å². The van der Waals surface area contributed by atoms with Gasteiger partial charge in [-0.15, -0.1) is 24.0 Å². The van der Waals surface area contributed by atoms with Crippen LogP contribution in [0, 0.1) is 0 Å². The van der Waals surface area contributed by atoms with Gasteiger partial charge in [-0.1, -0.05) is 12.1 Å². The average molecular weight is 506 g/mol. The third-order valence-corrected chi connectivity index (χ3v) is 4.28. The van der Waals surface area contributed by atoms with E-state index in [1.54, 1.807) is 12.0 Å². The van der Waals surface area contributed by atoms with Crippen molar-refractivity contribution in [1.29, 1.82) is 0 Å². The van der Waals surface area contributed by atoms with Crippen molar-refractivity contribution in [1.82, 2.24) is 10.2 Å². The van der Waals surface area contributed by atoms with Crippen LogP contribution < -0.4 is 15.8 Å². The van der Waals surface area contributed by atoms with Crippen molar-refractivity contribution >= 4 is 36.0 Å². The molecular weight excluding hydrogens is 475 g/mol. The summed E-state index contributed by atoms with van der Waals surface area (Å²) in [4.78, 5) is 17.8. The number of amides is 1. The molecule has 1 aliphatic heterocycles. The number of guanidine groups is 1. The van der Waals surface area contributed by atoms with E-state index >= 15 is 0 Å². The molecule has 1 aliphatic rings. The number of hydrogen-bond acceptors (Lipinski definition) is 5. The van der Waals surface area contributed by atoms with Gasteiger partial charge in [0.1, 0.15) is 12.4 Å². The number of carbonyl (C=O) groups is 1. The number of piperidine rings is 1. The first-order valence-corrected chi connectivity index (χ1v) is 9.31. The third-order valence-electron chi connectivity index (χ3n) is 4.28. The molecule has 3 N–H and O–H groups in total. The second kappa shape index (κ2) is 13.4. The predicted molar refractivity (Wildman–Crippen MR) is 119 cm³/mol. The largest absolute Gasteiger partial charge is 0.491 e. The van der Waals surface area contributed by atoms with Gasteiger partial charge in [-0.3, -0.25) is 0 Å². The van der Waals surface area contributed by atoms with Gasteiger partial charge < -0.3 is 30.2 Å². The Morgan fingerprint density at radius 3 is 2.54 bits per heavy atom. The Morgan fingerprint density at radius 2 is 1.93 bits per heavy atom. The molecule has 28 heavy (non-hydrogen) atoms. The Kier molecular flexibility index (Phi) is 11.7. The van der Waals surface area contributed by atoms with E-state index in [4.69, 9.17) is 19.9 Å². The smallest absolute Gasteiger partial charge is 0.409 e. The second-order valence-electron chi connectivity index (χ2n) is 6.29. The molecule has 8 nitrogen and oxygen atoms in total. The van der Waals surface area contributed by atoms with E-state index in [9.17, 15) is 4.79 Å². The molecular formula is C19H31IN4O4. The van der Waals surface area contributed by atoms with Crippen LogP contribution in [0.4, 0.5) is 4.79 Å². The number of methoxy groups -OCH3 is 1. The van der Waals surface area contributed by atoms with Crippen LogP contribution in [-0.4, -0.2) is 63.0 Å². The van der Waals surface area contributed by atoms with Gasteiger partial charge in [0.25, 0.3) is 0 Å². The summed E-state index contributed by atoms with van der Waals surface area (Å²) in [7, 11) is 1.65. The van der Waals surface area contributed by atoms with E-state index in [1.165, 1.54) is 0 Å². The van der Waals surface area contributed by atoms with Crippen molar-refractivity contribution < 1.29 is 19.0 Å². The second-order valence-corrected chi connectivity index (χ2v) is 6.29. The molecule has 0 bridgehead atoms. The number of nitrogens with zero attached hydrogens (tertiary/aromatic N) is 2. The number of benzene rings is 1. The molecule has 0 aliphatic carbocycles. The summed E-state index contributed by atoms with van der Waals surface area (Å²) in [6.45, 7) is 5.12. The Morgan fingerprint density at radius 1 is 1.25 bits per heavy atom. The van der Waals surface area contributed by atoms with E-state index in [-0.39, 0.29) is 36.1 Å². The first kappa shape index (κ1) is 24.3. The van der Waals surface area contributed by atoms with Crippen LogP contribution in [0.1, 0.15) is 25.3 Å². The zero-order chi connectivity index (χ0) is 19.5. The van der Waals surface area contributed by atoms with Crippen LogP contribution in [0.5, 0.6) is 5.75 Å². The minimum absolute atomic E-state index is 0. The van der Waals surface area contributed by atoms with Crippen LogP contribution in [-0.2, 0) is 16.0 Å². The maximum absolute atomic E-state index is 11.7. The molecule has 1 aromatic carbocycles. The molecule has 1 saturated heterocycles. The van der Waals surface area contributed by atoms with Crippen LogP contribution in [0.15, 0.2) is 29.3 Å². The standard InChI is InChI=1S/C19H30N4O4.HI/c1-3-26-19(24)23-10-8-16(9-11-23)22-18(20)21-14-15-4-6-17(7-5-15)27-13-12-25-2;/h4-7,16H,3,8-14H2,1-2H3,(H3,20,21,22);1H. The van der Waals surface area contributed by atoms with Crippen molar-refractivity contribution in [2.24, 2.45) is 10.7 Å². The predicted octanol–water partition coefficient (Wildman–Crippen LogP) is 2.36. The monoisotopic (exact) mass is 506 g/mol. The summed E-state index contributed by atoms with van der Waals surface area (Å²) in [5.41, 5.74) is 7.05. The SMILES string of the molecule is CCOC(=O)N1CCC(NC(N)=NCc2ccc(OCCOC)cc2)CC1.I. The molecule has 158 valence electrons. The Labute approximate surface area is 183 Å². The Bertz CT molecular complexity index is 604. The fourth-order valence-corrected chi connectivity index (χ4v) is 2.79. The molecule has 0 aromatic heterocycles. The number of nitrogens with one attached hydrogen (secondary N) is 1. The topological polar surface area (TPSA) is 98.4 Å². The molecule has 2 rings (SSSR count). The van der Waals surface area contributed by atoms with Crippen molar-refractivity contribution in [2.45, 2.75) is 32.4 Å². The van der Waals surface area contributed by atoms with E-state index in [1.807, 2.05) is 31.2 Å². The number of hydrogen-bond donors (Lipinski definition) is 2. The lowest BCUT2D eigenvalue weighted by molar-refractivity contribution is 0.0963. The van der Waals surface area contributed by atoms with E-state index in [2.05, 4.69) is 10.3 Å². The van der Waals surface area contributed by atoms with E-state index in [0.29, 0.717) is 45.4 Å². The fraction of sp³-hybridized carbons (Fsp3) is 0.579. The van der Waals surface area contributed by atoms with Crippen LogP contribution in [0.25, 0.3) is 0 Å². The van der Waals surface area contributed by atoms with E-state index < -0.39 is 0 Å². The summed E-state index contributed by atoms with van der Waals surface area (Å²) in [6, 6.07) is 7.98. The summed E-state index contributed by atoms with van der Waals surface area (Å²) >= 11 is 0. The molecule has 1 fully saturated rings. The number of aliphatic imine (C=N–C) groups is 1. The van der Waals surface area contributed by atoms with Gasteiger partial charge in [-0.05, 0) is 37.5 Å². The molecule has 0 saturated carbocycles. The lowest BCUT2D eigenvalue weighted by Gasteiger charge is -2.31. The first-order valence-electron chi connectivity index (χ1n) is 9.31. The van der Waals surface area contributed by atoms with Gasteiger partial charge in [0, 0.05) is 26.2 Å². The number of likely N-dealkylation sites (tertiary alicyclic amines) is 1. The number of rotatable bonds is 8. The third kappa shape index (κ3) is 8.51. The van der Waals surface area contributed by atoms with Crippen LogP contribution >= 0.6 is 24.0 Å². The molecule has 0 spiro atoms. The highest BCUT2D eigenvalue weighted by atomic mass is 127. The number of carbonyl (C=O) groups excluding carboxylic acids is 1. The highest BCUT2D eigenvalue weighted by molar-refractivity contribution is 14.0. The van der Waals surface area contributed by atoms with Crippen LogP contribution in [0.2, 0.25) is 0 Å². The summed E-state index contributed by atoms with van der Waals surface area (Å²) in [5.74, 6) is 1.23. The Balaban J connectivity index is 0.00000392. The molecule has 0 atom stereocenters. The van der Waals surface area contributed by atoms with Crippen LogP contribution in [0.3, 0.4) is 0 Å². The van der Waals surface area contributed by atoms with Crippen molar-refractivity contribution in [3.05, 3.63) is 29.8 Å². The maximum atomic E-state index is 11.7. The molecule has 1 aromatic rings. The summed E-state index contributed by atoms with van der Waals surface area (Å²) in [6.07, 6.45) is 1.40. The lowest BCUT2D eigenvalue weighted by atomic mass is 10.1. The van der Waals surface area contributed by atoms with Gasteiger partial charge in [0.15, 0.2) is 5.96 Å². The number of ether oxygens (including phenoxy) is 3. The highest BCUT2D eigenvalue weighted by Gasteiger charge is 2.23. The van der Waals surface area contributed by atoms with E-state index in [0.717, 1.165) is 24.2 Å². The summed E-state index contributed by atoms with van der Waals surface area (Å²) < 4.78 is 15.5. The van der Waals surface area contributed by atoms with Gasteiger partial charge in [0.05, 0.1) is 19.8 Å². The maximum Gasteiger partial charge on any atom is 0.409 e. The highest BCUT2D eigenvalue weighted by Crippen LogP contribution is 2.13. The first-order chi connectivity index (χ1) is 13.1. The van der Waals surface area contributed by atoms with Gasteiger partial charge in [0.2, 0.25) is 0 Å². The number of nitrogens with two attached hydrogens (primary N) is 1. The normalized spacial score (nSPS) is 14.9. The van der Waals surface area contributed by atoms with Crippen molar-refractivity contribution in [3.63, 3.8) is 0 Å². The zero-order valence-electron chi connectivity index (χ0n) is 16.6. The minimum atomic E-state index is -0.243. The minimum Gasteiger partial charge on any atom is -0.491 e. The molecule has 1 heterocycles. The van der Waals surface area contributed by atoms with Gasteiger partial charge >= 0.3 is 6.09 Å². The lowest BCUT2D eigenvalue weighted by Crippen LogP contribution is -2.48. The number of halogens is 1.